The number of carbonyl (C=O) groups is 2. The number of likely N-dealkylation sites (N-methyl/N-ethyl adjacent to an activating group) is 1. The zero-order valence-electron chi connectivity index (χ0n) is 15.2. The molecule has 0 unspecified atom stereocenters. The summed E-state index contributed by atoms with van der Waals surface area (Å²) in [6.45, 7) is 5.82. The van der Waals surface area contributed by atoms with Crippen molar-refractivity contribution in [3.63, 3.8) is 0 Å². The number of anilines is 1. The number of carbonyl (C=O) groups excluding carboxylic acids is 2. The van der Waals surface area contributed by atoms with Crippen LogP contribution in [0.15, 0.2) is 18.3 Å². The van der Waals surface area contributed by atoms with Gasteiger partial charge in [-0.2, -0.15) is 0 Å². The van der Waals surface area contributed by atoms with Crippen LogP contribution in [-0.2, 0) is 4.74 Å². The Bertz CT molecular complexity index is 568. The summed E-state index contributed by atoms with van der Waals surface area (Å²) in [5.74, 6) is 0.696. The molecule has 1 N–H and O–H groups in total. The monoisotopic (exact) mass is 349 g/mol. The SMILES string of the molecule is CCOC(=O)N1CCN(C(=O)c2ccc(NCCN(C)C)nc2)CC1. The molecule has 0 spiro atoms. The third-order valence-corrected chi connectivity index (χ3v) is 3.97. The first-order valence-electron chi connectivity index (χ1n) is 8.57. The molecule has 1 aromatic heterocycles. The summed E-state index contributed by atoms with van der Waals surface area (Å²) in [7, 11) is 4.02. The smallest absolute Gasteiger partial charge is 0.409 e. The van der Waals surface area contributed by atoms with E-state index in [0.29, 0.717) is 38.3 Å². The van der Waals surface area contributed by atoms with Gasteiger partial charge in [-0.3, -0.25) is 4.79 Å². The molecule has 138 valence electrons. The van der Waals surface area contributed by atoms with Crippen LogP contribution in [0, 0.1) is 0 Å². The second-order valence-corrected chi connectivity index (χ2v) is 6.14. The maximum absolute atomic E-state index is 12.5. The Labute approximate surface area is 148 Å². The van der Waals surface area contributed by atoms with Crippen molar-refractivity contribution in [2.45, 2.75) is 6.92 Å². The zero-order chi connectivity index (χ0) is 18.2. The van der Waals surface area contributed by atoms with Gasteiger partial charge in [-0.05, 0) is 33.2 Å². The Balaban J connectivity index is 1.84. The van der Waals surface area contributed by atoms with Gasteiger partial charge in [-0.1, -0.05) is 0 Å². The summed E-state index contributed by atoms with van der Waals surface area (Å²) < 4.78 is 4.99. The fourth-order valence-corrected chi connectivity index (χ4v) is 2.52. The fourth-order valence-electron chi connectivity index (χ4n) is 2.52. The van der Waals surface area contributed by atoms with Crippen LogP contribution in [0.4, 0.5) is 10.6 Å². The van der Waals surface area contributed by atoms with Crippen molar-refractivity contribution >= 4 is 17.8 Å². The van der Waals surface area contributed by atoms with Gasteiger partial charge in [0, 0.05) is 45.5 Å². The lowest BCUT2D eigenvalue weighted by molar-refractivity contribution is 0.0570. The van der Waals surface area contributed by atoms with E-state index in [1.165, 1.54) is 0 Å². The van der Waals surface area contributed by atoms with E-state index < -0.39 is 0 Å². The summed E-state index contributed by atoms with van der Waals surface area (Å²) in [6.07, 6.45) is 1.28. The van der Waals surface area contributed by atoms with Crippen LogP contribution in [0.25, 0.3) is 0 Å². The third-order valence-electron chi connectivity index (χ3n) is 3.97. The number of nitrogens with zero attached hydrogens (tertiary/aromatic N) is 4. The zero-order valence-corrected chi connectivity index (χ0v) is 15.2. The highest BCUT2D eigenvalue weighted by Gasteiger charge is 2.25. The largest absolute Gasteiger partial charge is 0.450 e. The molecule has 0 aliphatic carbocycles. The Kier molecular flexibility index (Phi) is 7.00. The van der Waals surface area contributed by atoms with E-state index >= 15 is 0 Å². The number of hydrogen-bond acceptors (Lipinski definition) is 6. The van der Waals surface area contributed by atoms with Gasteiger partial charge in [-0.15, -0.1) is 0 Å². The Morgan fingerprint density at radius 2 is 1.88 bits per heavy atom. The molecule has 1 aromatic rings. The van der Waals surface area contributed by atoms with Crippen LogP contribution in [0.1, 0.15) is 17.3 Å². The van der Waals surface area contributed by atoms with Crippen molar-refractivity contribution in [3.8, 4) is 0 Å². The third kappa shape index (κ3) is 5.60. The highest BCUT2D eigenvalue weighted by Crippen LogP contribution is 2.11. The molecule has 0 saturated carbocycles. The van der Waals surface area contributed by atoms with E-state index in [1.54, 1.807) is 29.0 Å². The average molecular weight is 349 g/mol. The maximum Gasteiger partial charge on any atom is 0.409 e. The lowest BCUT2D eigenvalue weighted by Gasteiger charge is -2.34. The molecule has 1 aliphatic rings. The predicted octanol–water partition coefficient (Wildman–Crippen LogP) is 0.969. The topological polar surface area (TPSA) is 78.0 Å². The molecular formula is C17H27N5O3. The molecule has 1 saturated heterocycles. The molecule has 2 amide bonds. The van der Waals surface area contributed by atoms with E-state index in [4.69, 9.17) is 4.74 Å². The van der Waals surface area contributed by atoms with Crippen molar-refractivity contribution in [1.82, 2.24) is 19.7 Å². The first-order valence-corrected chi connectivity index (χ1v) is 8.57. The number of amides is 2. The highest BCUT2D eigenvalue weighted by molar-refractivity contribution is 5.94. The van der Waals surface area contributed by atoms with Gasteiger partial charge in [0.25, 0.3) is 5.91 Å². The Morgan fingerprint density at radius 1 is 1.20 bits per heavy atom. The van der Waals surface area contributed by atoms with Crippen molar-refractivity contribution < 1.29 is 14.3 Å². The van der Waals surface area contributed by atoms with E-state index in [9.17, 15) is 9.59 Å². The summed E-state index contributed by atoms with van der Waals surface area (Å²) >= 11 is 0. The summed E-state index contributed by atoms with van der Waals surface area (Å²) in [4.78, 5) is 34.0. The van der Waals surface area contributed by atoms with Gasteiger partial charge < -0.3 is 24.8 Å². The molecule has 25 heavy (non-hydrogen) atoms. The molecule has 8 heteroatoms. The fraction of sp³-hybridized carbons (Fsp3) is 0.588. The quantitative estimate of drug-likeness (QED) is 0.825. The average Bonchev–Trinajstić information content (AvgIpc) is 2.62. The second kappa shape index (κ2) is 9.22. The lowest BCUT2D eigenvalue weighted by atomic mass is 10.2. The number of aromatic nitrogens is 1. The van der Waals surface area contributed by atoms with Gasteiger partial charge in [0.2, 0.25) is 0 Å². The van der Waals surface area contributed by atoms with Crippen molar-refractivity contribution in [3.05, 3.63) is 23.9 Å². The number of pyridine rings is 1. The van der Waals surface area contributed by atoms with Crippen LogP contribution in [0.2, 0.25) is 0 Å². The lowest BCUT2D eigenvalue weighted by Crippen LogP contribution is -2.50. The molecule has 0 bridgehead atoms. The van der Waals surface area contributed by atoms with Crippen molar-refractivity contribution in [1.29, 1.82) is 0 Å². The maximum atomic E-state index is 12.5. The molecular weight excluding hydrogens is 322 g/mol. The highest BCUT2D eigenvalue weighted by atomic mass is 16.6. The molecule has 0 atom stereocenters. The summed E-state index contributed by atoms with van der Waals surface area (Å²) in [5.41, 5.74) is 0.558. The number of rotatable bonds is 6. The van der Waals surface area contributed by atoms with Crippen LogP contribution >= 0.6 is 0 Å². The number of nitrogens with one attached hydrogen (secondary N) is 1. The van der Waals surface area contributed by atoms with E-state index in [1.807, 2.05) is 20.2 Å². The van der Waals surface area contributed by atoms with Crippen LogP contribution < -0.4 is 5.32 Å². The molecule has 1 fully saturated rings. The first kappa shape index (κ1) is 19.0. The second-order valence-electron chi connectivity index (χ2n) is 6.14. The predicted molar refractivity (Wildman–Crippen MR) is 95.8 cm³/mol. The number of ether oxygens (including phenoxy) is 1. The minimum atomic E-state index is -0.315. The summed E-state index contributed by atoms with van der Waals surface area (Å²) in [5, 5.41) is 3.22. The van der Waals surface area contributed by atoms with E-state index in [0.717, 1.165) is 18.9 Å². The standard InChI is InChI=1S/C17H27N5O3/c1-4-25-17(24)22-11-9-21(10-12-22)16(23)14-5-6-15(19-13-14)18-7-8-20(2)3/h5-6,13H,4,7-12H2,1-3H3,(H,18,19). The Morgan fingerprint density at radius 3 is 2.44 bits per heavy atom. The minimum absolute atomic E-state index is 0.0594. The van der Waals surface area contributed by atoms with Crippen molar-refractivity contribution in [2.24, 2.45) is 0 Å². The normalized spacial score (nSPS) is 14.6. The van der Waals surface area contributed by atoms with Crippen LogP contribution in [0.5, 0.6) is 0 Å². The van der Waals surface area contributed by atoms with Crippen molar-refractivity contribution in [2.75, 3.05) is 65.3 Å². The molecule has 2 heterocycles. The van der Waals surface area contributed by atoms with Gasteiger partial charge in [0.1, 0.15) is 5.82 Å². The van der Waals surface area contributed by atoms with Gasteiger partial charge >= 0.3 is 6.09 Å². The van der Waals surface area contributed by atoms with E-state index in [-0.39, 0.29) is 12.0 Å². The summed E-state index contributed by atoms with van der Waals surface area (Å²) in [6, 6.07) is 3.60. The van der Waals surface area contributed by atoms with Crippen LogP contribution in [0.3, 0.4) is 0 Å². The van der Waals surface area contributed by atoms with Gasteiger partial charge in [0.05, 0.1) is 12.2 Å². The van der Waals surface area contributed by atoms with Crippen LogP contribution in [-0.4, -0.2) is 91.7 Å². The molecule has 2 rings (SSSR count). The molecule has 0 aromatic carbocycles. The van der Waals surface area contributed by atoms with Gasteiger partial charge in [0.15, 0.2) is 0 Å². The molecule has 8 nitrogen and oxygen atoms in total. The van der Waals surface area contributed by atoms with Gasteiger partial charge in [-0.25, -0.2) is 9.78 Å². The van der Waals surface area contributed by atoms with E-state index in [2.05, 4.69) is 15.2 Å². The number of piperazine rings is 1. The first-order chi connectivity index (χ1) is 12.0. The number of hydrogen-bond donors (Lipinski definition) is 1. The minimum Gasteiger partial charge on any atom is -0.450 e. The molecule has 1 aliphatic heterocycles. The molecule has 0 radical (unpaired) electrons. The Hall–Kier alpha value is -2.35.